The van der Waals surface area contributed by atoms with Crippen LogP contribution in [-0.4, -0.2) is 49.3 Å². The Balaban J connectivity index is 2.14. The first-order valence-electron chi connectivity index (χ1n) is 6.02. The van der Waals surface area contributed by atoms with Crippen LogP contribution in [0.2, 0.25) is 0 Å². The Morgan fingerprint density at radius 3 is 2.69 bits per heavy atom. The molecule has 5 nitrogen and oxygen atoms in total. The number of piperidine rings is 1. The van der Waals surface area contributed by atoms with E-state index in [9.17, 15) is 4.79 Å². The molecule has 1 unspecified atom stereocenters. The van der Waals surface area contributed by atoms with Crippen LogP contribution in [0.4, 0.5) is 4.79 Å². The van der Waals surface area contributed by atoms with E-state index >= 15 is 0 Å². The molecule has 0 saturated carbocycles. The number of nitrogens with one attached hydrogen (secondary N) is 1. The van der Waals surface area contributed by atoms with E-state index in [1.807, 2.05) is 6.92 Å². The second kappa shape index (κ2) is 6.70. The summed E-state index contributed by atoms with van der Waals surface area (Å²) in [6.07, 6.45) is 2.20. The van der Waals surface area contributed by atoms with Gasteiger partial charge in [-0.25, -0.2) is 4.79 Å². The van der Waals surface area contributed by atoms with E-state index in [1.165, 1.54) is 0 Å². The van der Waals surface area contributed by atoms with Crippen LogP contribution < -0.4 is 11.1 Å². The van der Waals surface area contributed by atoms with Crippen LogP contribution in [-0.2, 0) is 4.74 Å². The molecule has 0 bridgehead atoms. The van der Waals surface area contributed by atoms with Crippen LogP contribution in [0, 0.1) is 0 Å². The van der Waals surface area contributed by atoms with Crippen LogP contribution in [0.3, 0.4) is 0 Å². The number of carbonyl (C=O) groups excluding carboxylic acids is 1. The lowest BCUT2D eigenvalue weighted by Crippen LogP contribution is -2.48. The molecule has 1 aliphatic rings. The zero-order chi connectivity index (χ0) is 12.0. The number of urea groups is 1. The van der Waals surface area contributed by atoms with Crippen molar-refractivity contribution < 1.29 is 9.53 Å². The number of nitrogens with zero attached hydrogens (tertiary/aromatic N) is 1. The van der Waals surface area contributed by atoms with Gasteiger partial charge in [0.05, 0.1) is 6.10 Å². The monoisotopic (exact) mass is 229 g/mol. The minimum absolute atomic E-state index is 0.249. The normalized spacial score (nSPS) is 19.8. The maximum atomic E-state index is 10.9. The number of amides is 2. The average molecular weight is 229 g/mol. The van der Waals surface area contributed by atoms with Gasteiger partial charge in [-0.2, -0.15) is 0 Å². The summed E-state index contributed by atoms with van der Waals surface area (Å²) in [5.41, 5.74) is 5.22. The third-order valence-electron chi connectivity index (χ3n) is 2.95. The molecule has 1 rings (SSSR count). The van der Waals surface area contributed by atoms with Gasteiger partial charge in [-0.1, -0.05) is 0 Å². The fourth-order valence-electron chi connectivity index (χ4n) is 1.98. The Bertz CT molecular complexity index is 215. The van der Waals surface area contributed by atoms with E-state index in [4.69, 9.17) is 10.5 Å². The molecular formula is C11H23N3O2. The van der Waals surface area contributed by atoms with E-state index in [1.54, 1.807) is 4.90 Å². The van der Waals surface area contributed by atoms with Gasteiger partial charge in [-0.3, -0.25) is 0 Å². The smallest absolute Gasteiger partial charge is 0.314 e. The molecule has 0 aliphatic carbocycles. The Kier molecular flexibility index (Phi) is 5.55. The molecule has 0 aromatic rings. The molecule has 3 N–H and O–H groups in total. The molecule has 2 amide bonds. The Labute approximate surface area is 97.3 Å². The minimum atomic E-state index is -0.305. The first-order valence-corrected chi connectivity index (χ1v) is 6.02. The highest BCUT2D eigenvalue weighted by molar-refractivity contribution is 5.72. The molecule has 0 spiro atoms. The number of likely N-dealkylation sites (tertiary alicyclic amines) is 1. The van der Waals surface area contributed by atoms with Crippen molar-refractivity contribution in [1.29, 1.82) is 0 Å². The first kappa shape index (κ1) is 13.3. The Morgan fingerprint density at radius 2 is 2.19 bits per heavy atom. The maximum absolute atomic E-state index is 10.9. The first-order chi connectivity index (χ1) is 7.63. The standard InChI is InChI=1S/C11H23N3O2/c1-3-16-9(2)8-13-10-4-6-14(7-5-10)11(12)15/h9-10,13H,3-8H2,1-2H3,(H2,12,15). The van der Waals surface area contributed by atoms with Crippen LogP contribution in [0.5, 0.6) is 0 Å². The lowest BCUT2D eigenvalue weighted by Gasteiger charge is -2.31. The van der Waals surface area contributed by atoms with Gasteiger partial charge < -0.3 is 20.7 Å². The van der Waals surface area contributed by atoms with Crippen LogP contribution in [0.15, 0.2) is 0 Å². The molecule has 5 heteroatoms. The van der Waals surface area contributed by atoms with Crippen molar-refractivity contribution in [1.82, 2.24) is 10.2 Å². The minimum Gasteiger partial charge on any atom is -0.377 e. The Hall–Kier alpha value is -0.810. The molecule has 0 aromatic heterocycles. The van der Waals surface area contributed by atoms with Crippen molar-refractivity contribution in [2.75, 3.05) is 26.2 Å². The molecule has 1 heterocycles. The van der Waals surface area contributed by atoms with E-state index in [2.05, 4.69) is 12.2 Å². The number of primary amides is 1. The van der Waals surface area contributed by atoms with Crippen molar-refractivity contribution in [3.63, 3.8) is 0 Å². The van der Waals surface area contributed by atoms with E-state index < -0.39 is 0 Å². The zero-order valence-corrected chi connectivity index (χ0v) is 10.2. The van der Waals surface area contributed by atoms with Crippen LogP contribution in [0.1, 0.15) is 26.7 Å². The lowest BCUT2D eigenvalue weighted by atomic mass is 10.1. The van der Waals surface area contributed by atoms with Gasteiger partial charge in [-0.05, 0) is 26.7 Å². The van der Waals surface area contributed by atoms with E-state index in [0.29, 0.717) is 6.04 Å². The number of nitrogens with two attached hydrogens (primary N) is 1. The fraction of sp³-hybridized carbons (Fsp3) is 0.909. The fourth-order valence-corrected chi connectivity index (χ4v) is 1.98. The van der Waals surface area contributed by atoms with Crippen molar-refractivity contribution >= 4 is 6.03 Å². The molecule has 1 saturated heterocycles. The third-order valence-corrected chi connectivity index (χ3v) is 2.95. The van der Waals surface area contributed by atoms with E-state index in [0.717, 1.165) is 39.1 Å². The quantitative estimate of drug-likeness (QED) is 0.723. The summed E-state index contributed by atoms with van der Waals surface area (Å²) in [7, 11) is 0. The van der Waals surface area contributed by atoms with Crippen LogP contribution >= 0.6 is 0 Å². The highest BCUT2D eigenvalue weighted by atomic mass is 16.5. The highest BCUT2D eigenvalue weighted by Gasteiger charge is 2.20. The number of ether oxygens (including phenoxy) is 1. The molecule has 1 aliphatic heterocycles. The topological polar surface area (TPSA) is 67.6 Å². The average Bonchev–Trinajstić information content (AvgIpc) is 2.27. The summed E-state index contributed by atoms with van der Waals surface area (Å²) in [6.45, 7) is 7.21. The number of rotatable bonds is 5. The number of hydrogen-bond donors (Lipinski definition) is 2. The molecule has 16 heavy (non-hydrogen) atoms. The molecule has 0 radical (unpaired) electrons. The summed E-state index contributed by atoms with van der Waals surface area (Å²) in [6, 6.07) is 0.180. The predicted molar refractivity (Wildman–Crippen MR) is 63.3 cm³/mol. The second-order valence-corrected chi connectivity index (χ2v) is 4.27. The van der Waals surface area contributed by atoms with Gasteiger partial charge in [0.25, 0.3) is 0 Å². The van der Waals surface area contributed by atoms with Crippen LogP contribution in [0.25, 0.3) is 0 Å². The largest absolute Gasteiger partial charge is 0.377 e. The third kappa shape index (κ3) is 4.37. The molecule has 1 fully saturated rings. The van der Waals surface area contributed by atoms with Gasteiger partial charge in [0.1, 0.15) is 0 Å². The molecular weight excluding hydrogens is 206 g/mol. The predicted octanol–water partition coefficient (Wildman–Crippen LogP) is 0.544. The number of carbonyl (C=O) groups is 1. The summed E-state index contributed by atoms with van der Waals surface area (Å²) in [5, 5.41) is 3.46. The maximum Gasteiger partial charge on any atom is 0.314 e. The van der Waals surface area contributed by atoms with Gasteiger partial charge >= 0.3 is 6.03 Å². The molecule has 94 valence electrons. The second-order valence-electron chi connectivity index (χ2n) is 4.27. The lowest BCUT2D eigenvalue weighted by molar-refractivity contribution is 0.0716. The van der Waals surface area contributed by atoms with Gasteiger partial charge in [0.2, 0.25) is 0 Å². The highest BCUT2D eigenvalue weighted by Crippen LogP contribution is 2.09. The molecule has 1 atom stereocenters. The van der Waals surface area contributed by atoms with Gasteiger partial charge in [0, 0.05) is 32.3 Å². The molecule has 0 aromatic carbocycles. The summed E-state index contributed by atoms with van der Waals surface area (Å²) in [5.74, 6) is 0. The van der Waals surface area contributed by atoms with Crippen molar-refractivity contribution in [2.45, 2.75) is 38.8 Å². The van der Waals surface area contributed by atoms with E-state index in [-0.39, 0.29) is 12.1 Å². The van der Waals surface area contributed by atoms with Crippen molar-refractivity contribution in [3.05, 3.63) is 0 Å². The van der Waals surface area contributed by atoms with Gasteiger partial charge in [0.15, 0.2) is 0 Å². The summed E-state index contributed by atoms with van der Waals surface area (Å²) < 4.78 is 5.45. The SMILES string of the molecule is CCOC(C)CNC1CCN(C(N)=O)CC1. The Morgan fingerprint density at radius 1 is 1.56 bits per heavy atom. The summed E-state index contributed by atoms with van der Waals surface area (Å²) in [4.78, 5) is 12.6. The summed E-state index contributed by atoms with van der Waals surface area (Å²) >= 11 is 0. The van der Waals surface area contributed by atoms with Crippen molar-refractivity contribution in [2.24, 2.45) is 5.73 Å². The number of hydrogen-bond acceptors (Lipinski definition) is 3. The van der Waals surface area contributed by atoms with Gasteiger partial charge in [-0.15, -0.1) is 0 Å². The zero-order valence-electron chi connectivity index (χ0n) is 10.2. The van der Waals surface area contributed by atoms with Crippen molar-refractivity contribution in [3.8, 4) is 0 Å².